The van der Waals surface area contributed by atoms with E-state index in [2.05, 4.69) is 16.7 Å². The van der Waals surface area contributed by atoms with E-state index in [1.165, 1.54) is 4.52 Å². The molecule has 4 aromatic rings. The normalized spacial score (nSPS) is 11.7. The van der Waals surface area contributed by atoms with Crippen LogP contribution in [0.1, 0.15) is 16.8 Å². The van der Waals surface area contributed by atoms with Crippen molar-refractivity contribution in [3.63, 3.8) is 0 Å². The van der Waals surface area contributed by atoms with Crippen LogP contribution in [0, 0.1) is 0 Å². The Morgan fingerprint density at radius 3 is 2.53 bits per heavy atom. The van der Waals surface area contributed by atoms with E-state index < -0.39 is 5.56 Å². The van der Waals surface area contributed by atoms with Crippen LogP contribution >= 0.6 is 22.9 Å². The Balaban J connectivity index is 1.69. The third-order valence-corrected chi connectivity index (χ3v) is 5.49. The molecule has 0 fully saturated rings. The second-order valence-corrected chi connectivity index (χ2v) is 7.89. The zero-order chi connectivity index (χ0) is 21.1. The molecule has 0 atom stereocenters. The van der Waals surface area contributed by atoms with E-state index in [9.17, 15) is 9.59 Å². The van der Waals surface area contributed by atoms with Crippen molar-refractivity contribution in [1.82, 2.24) is 14.6 Å². The molecule has 30 heavy (non-hydrogen) atoms. The minimum atomic E-state index is -0.443. The van der Waals surface area contributed by atoms with Crippen LogP contribution in [0.5, 0.6) is 5.75 Å². The summed E-state index contributed by atoms with van der Waals surface area (Å²) in [7, 11) is 0. The molecule has 2 aromatic carbocycles. The summed E-state index contributed by atoms with van der Waals surface area (Å²) >= 11 is 7.02. The summed E-state index contributed by atoms with van der Waals surface area (Å²) in [6.07, 6.45) is 3.68. The third kappa shape index (κ3) is 4.32. The van der Waals surface area contributed by atoms with Gasteiger partial charge in [0.1, 0.15) is 18.1 Å². The van der Waals surface area contributed by atoms with Crippen molar-refractivity contribution >= 4 is 34.0 Å². The molecule has 0 saturated heterocycles. The number of hydrogen-bond acceptors (Lipinski definition) is 6. The maximum absolute atomic E-state index is 12.8. The maximum Gasteiger partial charge on any atom is 0.296 e. The number of benzene rings is 2. The van der Waals surface area contributed by atoms with Gasteiger partial charge in [0.2, 0.25) is 4.96 Å². The predicted octanol–water partition coefficient (Wildman–Crippen LogP) is 2.87. The zero-order valence-electron chi connectivity index (χ0n) is 15.7. The van der Waals surface area contributed by atoms with Gasteiger partial charge in [-0.3, -0.25) is 9.59 Å². The summed E-state index contributed by atoms with van der Waals surface area (Å²) in [5.74, 6) is 0.714. The molecular formula is C22H16ClN3O3S. The first-order valence-electron chi connectivity index (χ1n) is 9.06. The van der Waals surface area contributed by atoms with E-state index in [0.717, 1.165) is 22.5 Å². The Morgan fingerprint density at radius 2 is 1.83 bits per heavy atom. The molecule has 0 bridgehead atoms. The summed E-state index contributed by atoms with van der Waals surface area (Å²) in [6, 6.07) is 14.4. The average molecular weight is 438 g/mol. The van der Waals surface area contributed by atoms with Gasteiger partial charge in [-0.1, -0.05) is 59.9 Å². The summed E-state index contributed by atoms with van der Waals surface area (Å²) in [4.78, 5) is 29.5. The Bertz CT molecular complexity index is 1380. The molecule has 0 unspecified atom stereocenters. The molecule has 2 aromatic heterocycles. The summed E-state index contributed by atoms with van der Waals surface area (Å²) < 4.78 is 7.08. The summed E-state index contributed by atoms with van der Waals surface area (Å²) in [5.41, 5.74) is 1.14. The first-order chi connectivity index (χ1) is 14.5. The number of thiazole rings is 1. The van der Waals surface area contributed by atoms with Gasteiger partial charge in [0.25, 0.3) is 11.1 Å². The van der Waals surface area contributed by atoms with Crippen molar-refractivity contribution in [2.45, 2.75) is 6.42 Å². The fourth-order valence-corrected chi connectivity index (χ4v) is 3.84. The molecule has 0 amide bonds. The third-order valence-electron chi connectivity index (χ3n) is 4.28. The van der Waals surface area contributed by atoms with Gasteiger partial charge in [-0.25, -0.2) is 0 Å². The molecule has 0 N–H and O–H groups in total. The SMILES string of the molecule is C=CCOc1ccc(/C=c2\sc3nc(=O)c(Cc4ccc(Cl)cc4)nn3c2=O)cc1. The molecule has 4 rings (SSSR count). The van der Waals surface area contributed by atoms with E-state index in [-0.39, 0.29) is 22.6 Å². The zero-order valence-corrected chi connectivity index (χ0v) is 17.3. The van der Waals surface area contributed by atoms with E-state index in [0.29, 0.717) is 21.9 Å². The highest BCUT2D eigenvalue weighted by molar-refractivity contribution is 7.15. The number of halogens is 1. The van der Waals surface area contributed by atoms with Crippen LogP contribution in [0.15, 0.2) is 70.8 Å². The van der Waals surface area contributed by atoms with Gasteiger partial charge in [-0.2, -0.15) is 14.6 Å². The number of aromatic nitrogens is 3. The average Bonchev–Trinajstić information content (AvgIpc) is 3.04. The summed E-state index contributed by atoms with van der Waals surface area (Å²) in [6.45, 7) is 4.04. The van der Waals surface area contributed by atoms with E-state index in [4.69, 9.17) is 16.3 Å². The topological polar surface area (TPSA) is 73.6 Å². The lowest BCUT2D eigenvalue weighted by Crippen LogP contribution is -2.28. The van der Waals surface area contributed by atoms with E-state index in [1.807, 2.05) is 36.4 Å². The van der Waals surface area contributed by atoms with Gasteiger partial charge in [0.05, 0.1) is 4.53 Å². The van der Waals surface area contributed by atoms with Gasteiger partial charge < -0.3 is 4.74 Å². The van der Waals surface area contributed by atoms with Crippen molar-refractivity contribution in [2.75, 3.05) is 6.61 Å². The second-order valence-electron chi connectivity index (χ2n) is 6.45. The molecule has 0 aliphatic carbocycles. The summed E-state index contributed by atoms with van der Waals surface area (Å²) in [5, 5.41) is 4.87. The Hall–Kier alpha value is -3.29. The largest absolute Gasteiger partial charge is 0.490 e. The fourth-order valence-electron chi connectivity index (χ4n) is 2.81. The lowest BCUT2D eigenvalue weighted by molar-refractivity contribution is 0.363. The van der Waals surface area contributed by atoms with Gasteiger partial charge in [-0.15, -0.1) is 0 Å². The smallest absolute Gasteiger partial charge is 0.296 e. The van der Waals surface area contributed by atoms with Crippen molar-refractivity contribution in [3.05, 3.63) is 108 Å². The molecular weight excluding hydrogens is 422 g/mol. The minimum absolute atomic E-state index is 0.208. The molecule has 6 nitrogen and oxygen atoms in total. The van der Waals surface area contributed by atoms with Crippen LogP contribution in [0.25, 0.3) is 11.0 Å². The molecule has 0 saturated carbocycles. The van der Waals surface area contributed by atoms with Crippen molar-refractivity contribution in [3.8, 4) is 5.75 Å². The van der Waals surface area contributed by atoms with E-state index >= 15 is 0 Å². The van der Waals surface area contributed by atoms with Crippen molar-refractivity contribution < 1.29 is 4.74 Å². The number of hydrogen-bond donors (Lipinski definition) is 0. The molecule has 0 aliphatic rings. The molecule has 0 aliphatic heterocycles. The standard InChI is InChI=1S/C22H16ClN3O3S/c1-2-11-29-17-9-5-15(6-10-17)13-19-21(28)26-22(30-19)24-20(27)18(25-26)12-14-3-7-16(23)8-4-14/h2-10,13H,1,11-12H2/b19-13-. The fraction of sp³-hybridized carbons (Fsp3) is 0.0909. The first-order valence-corrected chi connectivity index (χ1v) is 10.3. The van der Waals surface area contributed by atoms with Gasteiger partial charge >= 0.3 is 0 Å². The predicted molar refractivity (Wildman–Crippen MR) is 119 cm³/mol. The van der Waals surface area contributed by atoms with Crippen LogP contribution < -0.4 is 20.4 Å². The molecule has 2 heterocycles. The Labute approximate surface area is 180 Å². The number of rotatable bonds is 6. The monoisotopic (exact) mass is 437 g/mol. The van der Waals surface area contributed by atoms with Crippen LogP contribution in [0.2, 0.25) is 5.02 Å². The molecule has 150 valence electrons. The highest BCUT2D eigenvalue weighted by atomic mass is 35.5. The number of ether oxygens (including phenoxy) is 1. The first kappa shape index (κ1) is 20.0. The van der Waals surface area contributed by atoms with Crippen LogP contribution in [-0.4, -0.2) is 21.2 Å². The van der Waals surface area contributed by atoms with Crippen molar-refractivity contribution in [2.24, 2.45) is 0 Å². The quantitative estimate of drug-likeness (QED) is 0.434. The van der Waals surface area contributed by atoms with Gasteiger partial charge in [0, 0.05) is 11.4 Å². The number of fused-ring (bicyclic) bond motifs is 1. The van der Waals surface area contributed by atoms with Crippen LogP contribution in [-0.2, 0) is 6.42 Å². The van der Waals surface area contributed by atoms with Gasteiger partial charge in [0.15, 0.2) is 0 Å². The molecule has 0 radical (unpaired) electrons. The van der Waals surface area contributed by atoms with Gasteiger partial charge in [-0.05, 0) is 41.5 Å². The lowest BCUT2D eigenvalue weighted by atomic mass is 10.1. The molecule has 0 spiro atoms. The lowest BCUT2D eigenvalue weighted by Gasteiger charge is -2.02. The van der Waals surface area contributed by atoms with E-state index in [1.54, 1.807) is 24.3 Å². The van der Waals surface area contributed by atoms with Crippen LogP contribution in [0.4, 0.5) is 0 Å². The highest BCUT2D eigenvalue weighted by Crippen LogP contribution is 2.13. The Kier molecular flexibility index (Phi) is 5.74. The maximum atomic E-state index is 12.8. The van der Waals surface area contributed by atoms with Crippen LogP contribution in [0.3, 0.4) is 0 Å². The Morgan fingerprint density at radius 1 is 1.10 bits per heavy atom. The molecule has 8 heteroatoms. The van der Waals surface area contributed by atoms with Crippen molar-refractivity contribution in [1.29, 1.82) is 0 Å². The minimum Gasteiger partial charge on any atom is -0.490 e. The number of nitrogens with zero attached hydrogens (tertiary/aromatic N) is 3. The highest BCUT2D eigenvalue weighted by Gasteiger charge is 2.11. The second kappa shape index (κ2) is 8.61.